The molecule has 2 rings (SSSR count). The number of hydrogen-bond acceptors (Lipinski definition) is 5. The van der Waals surface area contributed by atoms with Gasteiger partial charge in [-0.15, -0.1) is 0 Å². The summed E-state index contributed by atoms with van der Waals surface area (Å²) in [6.45, 7) is 1.53. The van der Waals surface area contributed by atoms with Gasteiger partial charge in [0.15, 0.2) is 0 Å². The molecule has 1 aromatic carbocycles. The fraction of sp³-hybridized carbons (Fsp3) is 0.500. The molecule has 1 fully saturated rings. The molecule has 0 saturated carbocycles. The van der Waals surface area contributed by atoms with Gasteiger partial charge < -0.3 is 15.5 Å². The molecule has 1 aliphatic rings. The Bertz CT molecular complexity index is 547. The molecular formula is C14H20N4O3. The Morgan fingerprint density at radius 3 is 2.86 bits per heavy atom. The van der Waals surface area contributed by atoms with Gasteiger partial charge in [-0.3, -0.25) is 14.9 Å². The van der Waals surface area contributed by atoms with Crippen LogP contribution in [0.1, 0.15) is 23.2 Å². The first-order valence-corrected chi connectivity index (χ1v) is 6.97. The molecule has 0 radical (unpaired) electrons. The molecular weight excluding hydrogens is 272 g/mol. The van der Waals surface area contributed by atoms with Gasteiger partial charge in [-0.1, -0.05) is 0 Å². The van der Waals surface area contributed by atoms with E-state index in [1.807, 2.05) is 7.05 Å². The summed E-state index contributed by atoms with van der Waals surface area (Å²) in [6, 6.07) is 4.74. The molecule has 7 heteroatoms. The number of carbonyl (C=O) groups is 1. The largest absolute Gasteiger partial charge is 0.388 e. The number of nitrogens with zero attached hydrogens (tertiary/aromatic N) is 2. The number of carbonyl (C=O) groups excluding carboxylic acids is 1. The second kappa shape index (κ2) is 6.53. The second-order valence-corrected chi connectivity index (χ2v) is 5.23. The molecule has 114 valence electrons. The quantitative estimate of drug-likeness (QED) is 0.633. The Hall–Kier alpha value is -2.15. The highest BCUT2D eigenvalue weighted by atomic mass is 16.6. The van der Waals surface area contributed by atoms with E-state index in [1.165, 1.54) is 12.1 Å². The van der Waals surface area contributed by atoms with E-state index in [0.717, 1.165) is 19.4 Å². The zero-order valence-electron chi connectivity index (χ0n) is 12.3. The Morgan fingerprint density at radius 2 is 2.29 bits per heavy atom. The van der Waals surface area contributed by atoms with Gasteiger partial charge in [0.1, 0.15) is 5.56 Å². The van der Waals surface area contributed by atoms with Crippen LogP contribution < -0.4 is 10.6 Å². The summed E-state index contributed by atoms with van der Waals surface area (Å²) >= 11 is 0. The number of amides is 1. The first-order valence-electron chi connectivity index (χ1n) is 6.97. The molecule has 1 atom stereocenters. The van der Waals surface area contributed by atoms with E-state index in [2.05, 4.69) is 15.5 Å². The molecule has 0 aliphatic carbocycles. The smallest absolute Gasteiger partial charge is 0.282 e. The lowest BCUT2D eigenvalue weighted by molar-refractivity contribution is -0.385. The maximum absolute atomic E-state index is 12.2. The molecule has 0 bridgehead atoms. The average molecular weight is 292 g/mol. The van der Waals surface area contributed by atoms with Crippen LogP contribution in [-0.4, -0.2) is 49.0 Å². The molecule has 0 aromatic heterocycles. The topological polar surface area (TPSA) is 87.5 Å². The fourth-order valence-electron chi connectivity index (χ4n) is 2.58. The van der Waals surface area contributed by atoms with Crippen LogP contribution in [0.2, 0.25) is 0 Å². The van der Waals surface area contributed by atoms with Crippen molar-refractivity contribution in [1.82, 2.24) is 10.2 Å². The van der Waals surface area contributed by atoms with E-state index in [0.29, 0.717) is 18.3 Å². The van der Waals surface area contributed by atoms with Crippen LogP contribution in [-0.2, 0) is 0 Å². The van der Waals surface area contributed by atoms with Crippen molar-refractivity contribution in [2.45, 2.75) is 18.9 Å². The van der Waals surface area contributed by atoms with Crippen molar-refractivity contribution in [2.24, 2.45) is 0 Å². The van der Waals surface area contributed by atoms with Gasteiger partial charge in [-0.05, 0) is 38.6 Å². The number of hydrogen-bond donors (Lipinski definition) is 2. The van der Waals surface area contributed by atoms with Gasteiger partial charge >= 0.3 is 0 Å². The standard InChI is InChI=1S/C14H20N4O3/c1-15-10-5-6-13(18(20)21)12(8-10)14(19)16-9-11-4-3-7-17(11)2/h5-6,8,11,15H,3-4,7,9H2,1-2H3,(H,16,19). The summed E-state index contributed by atoms with van der Waals surface area (Å²) in [5.41, 5.74) is 0.586. The molecule has 7 nitrogen and oxygen atoms in total. The first-order chi connectivity index (χ1) is 10.0. The van der Waals surface area contributed by atoms with Crippen molar-refractivity contribution in [3.63, 3.8) is 0 Å². The van der Waals surface area contributed by atoms with E-state index in [4.69, 9.17) is 0 Å². The van der Waals surface area contributed by atoms with Crippen molar-refractivity contribution in [1.29, 1.82) is 0 Å². The van der Waals surface area contributed by atoms with E-state index >= 15 is 0 Å². The van der Waals surface area contributed by atoms with Crippen LogP contribution in [0.3, 0.4) is 0 Å². The SMILES string of the molecule is CNc1ccc([N+](=O)[O-])c(C(=O)NCC2CCCN2C)c1. The predicted octanol–water partition coefficient (Wildman–Crippen LogP) is 1.46. The molecule has 1 amide bonds. The minimum Gasteiger partial charge on any atom is -0.388 e. The zero-order valence-corrected chi connectivity index (χ0v) is 12.3. The number of anilines is 1. The lowest BCUT2D eigenvalue weighted by atomic mass is 10.1. The summed E-state index contributed by atoms with van der Waals surface area (Å²) < 4.78 is 0. The van der Waals surface area contributed by atoms with Crippen LogP contribution in [0, 0.1) is 10.1 Å². The third kappa shape index (κ3) is 3.49. The first kappa shape index (κ1) is 15.2. The molecule has 1 aliphatic heterocycles. The molecule has 1 unspecified atom stereocenters. The molecule has 1 saturated heterocycles. The van der Waals surface area contributed by atoms with Crippen LogP contribution in [0.25, 0.3) is 0 Å². The number of likely N-dealkylation sites (N-methyl/N-ethyl adjacent to an activating group) is 1. The highest BCUT2D eigenvalue weighted by molar-refractivity contribution is 5.99. The molecule has 1 heterocycles. The Labute approximate surface area is 123 Å². The van der Waals surface area contributed by atoms with Crippen LogP contribution in [0.15, 0.2) is 18.2 Å². The van der Waals surface area contributed by atoms with Crippen molar-refractivity contribution in [3.05, 3.63) is 33.9 Å². The summed E-state index contributed by atoms with van der Waals surface area (Å²) in [7, 11) is 3.73. The summed E-state index contributed by atoms with van der Waals surface area (Å²) in [6.07, 6.45) is 2.15. The zero-order chi connectivity index (χ0) is 15.4. The monoisotopic (exact) mass is 292 g/mol. The van der Waals surface area contributed by atoms with Gasteiger partial charge in [0.05, 0.1) is 4.92 Å². The third-order valence-electron chi connectivity index (χ3n) is 3.90. The van der Waals surface area contributed by atoms with Gasteiger partial charge in [0.2, 0.25) is 0 Å². The number of nitro benzene ring substituents is 1. The van der Waals surface area contributed by atoms with Gasteiger partial charge in [0, 0.05) is 31.4 Å². The fourth-order valence-corrected chi connectivity index (χ4v) is 2.58. The molecule has 2 N–H and O–H groups in total. The number of rotatable bonds is 5. The van der Waals surface area contributed by atoms with Crippen LogP contribution in [0.5, 0.6) is 0 Å². The Morgan fingerprint density at radius 1 is 1.52 bits per heavy atom. The van der Waals surface area contributed by atoms with E-state index < -0.39 is 10.8 Å². The lowest BCUT2D eigenvalue weighted by Gasteiger charge is -2.19. The highest BCUT2D eigenvalue weighted by Crippen LogP contribution is 2.22. The van der Waals surface area contributed by atoms with Crippen molar-refractivity contribution in [3.8, 4) is 0 Å². The van der Waals surface area contributed by atoms with E-state index in [-0.39, 0.29) is 11.3 Å². The maximum atomic E-state index is 12.2. The minimum atomic E-state index is -0.532. The Balaban J connectivity index is 2.11. The van der Waals surface area contributed by atoms with Crippen LogP contribution in [0.4, 0.5) is 11.4 Å². The normalized spacial score (nSPS) is 18.5. The molecule has 0 spiro atoms. The summed E-state index contributed by atoms with van der Waals surface area (Å²) in [4.78, 5) is 24.9. The van der Waals surface area contributed by atoms with E-state index in [9.17, 15) is 14.9 Å². The van der Waals surface area contributed by atoms with Gasteiger partial charge in [-0.2, -0.15) is 0 Å². The predicted molar refractivity (Wildman–Crippen MR) is 80.6 cm³/mol. The average Bonchev–Trinajstić information content (AvgIpc) is 2.89. The van der Waals surface area contributed by atoms with Crippen LogP contribution >= 0.6 is 0 Å². The number of nitrogens with one attached hydrogen (secondary N) is 2. The Kier molecular flexibility index (Phi) is 4.74. The van der Waals surface area contributed by atoms with Crippen molar-refractivity contribution < 1.29 is 9.72 Å². The summed E-state index contributed by atoms with van der Waals surface area (Å²) in [5, 5.41) is 16.7. The van der Waals surface area contributed by atoms with Crippen molar-refractivity contribution >= 4 is 17.3 Å². The summed E-state index contributed by atoms with van der Waals surface area (Å²) in [5.74, 6) is -0.404. The third-order valence-corrected chi connectivity index (χ3v) is 3.90. The molecule has 1 aromatic rings. The lowest BCUT2D eigenvalue weighted by Crippen LogP contribution is -2.38. The maximum Gasteiger partial charge on any atom is 0.282 e. The highest BCUT2D eigenvalue weighted by Gasteiger charge is 2.24. The number of benzene rings is 1. The van der Waals surface area contributed by atoms with Gasteiger partial charge in [-0.25, -0.2) is 0 Å². The van der Waals surface area contributed by atoms with Gasteiger partial charge in [0.25, 0.3) is 11.6 Å². The van der Waals surface area contributed by atoms with Crippen molar-refractivity contribution in [2.75, 3.05) is 32.5 Å². The van der Waals surface area contributed by atoms with E-state index in [1.54, 1.807) is 13.1 Å². The molecule has 21 heavy (non-hydrogen) atoms. The minimum absolute atomic E-state index is 0.0903. The second-order valence-electron chi connectivity index (χ2n) is 5.23. The number of nitro groups is 1. The number of likely N-dealkylation sites (tertiary alicyclic amines) is 1.